The van der Waals surface area contributed by atoms with E-state index in [1.807, 2.05) is 4.90 Å². The molecule has 3 aliphatic rings. The number of para-hydroxylation sites is 1. The number of nitrogens with zero attached hydrogens (tertiary/aromatic N) is 3. The number of sulfonamides is 1. The first kappa shape index (κ1) is 20.3. The molecule has 1 N–H and O–H groups in total. The molecule has 0 saturated carbocycles. The van der Waals surface area contributed by atoms with E-state index in [0.29, 0.717) is 24.5 Å². The van der Waals surface area contributed by atoms with Gasteiger partial charge in [-0.25, -0.2) is 0 Å². The van der Waals surface area contributed by atoms with E-state index in [1.165, 1.54) is 0 Å². The minimum Gasteiger partial charge on any atom is -0.379 e. The predicted molar refractivity (Wildman–Crippen MR) is 110 cm³/mol. The van der Waals surface area contributed by atoms with Gasteiger partial charge in [-0.1, -0.05) is 12.1 Å². The summed E-state index contributed by atoms with van der Waals surface area (Å²) in [6, 6.07) is 6.80. The fourth-order valence-electron chi connectivity index (χ4n) is 4.17. The van der Waals surface area contributed by atoms with Crippen molar-refractivity contribution in [1.29, 1.82) is 0 Å². The van der Waals surface area contributed by atoms with E-state index in [2.05, 4.69) is 14.6 Å². The number of morpholine rings is 1. The number of piperidine rings is 1. The number of carbonyl (C=O) groups is 1. The van der Waals surface area contributed by atoms with Crippen molar-refractivity contribution >= 4 is 27.5 Å². The third-order valence-electron chi connectivity index (χ3n) is 5.78. The van der Waals surface area contributed by atoms with Gasteiger partial charge in [0.1, 0.15) is 10.7 Å². The Morgan fingerprint density at radius 1 is 1.21 bits per heavy atom. The lowest BCUT2D eigenvalue weighted by molar-refractivity contribution is -0.132. The molecule has 2 saturated heterocycles. The molecule has 0 aromatic heterocycles. The topological polar surface area (TPSA) is 91.3 Å². The maximum absolute atomic E-state index is 12.7. The van der Waals surface area contributed by atoms with Gasteiger partial charge < -0.3 is 15.0 Å². The number of nitrogens with one attached hydrogen (secondary N) is 1. The van der Waals surface area contributed by atoms with Crippen LogP contribution in [0.2, 0.25) is 0 Å². The van der Waals surface area contributed by atoms with Gasteiger partial charge in [0.15, 0.2) is 0 Å². The molecule has 1 amide bonds. The number of amidine groups is 1. The number of hydrogen-bond acceptors (Lipinski definition) is 6. The Morgan fingerprint density at radius 2 is 2.00 bits per heavy atom. The minimum atomic E-state index is -3.70. The predicted octanol–water partition coefficient (Wildman–Crippen LogP) is 1.55. The third-order valence-corrected chi connectivity index (χ3v) is 7.12. The zero-order valence-electron chi connectivity index (χ0n) is 16.5. The van der Waals surface area contributed by atoms with Crippen LogP contribution in [0.3, 0.4) is 0 Å². The van der Waals surface area contributed by atoms with E-state index in [4.69, 9.17) is 4.74 Å². The smallest absolute Gasteiger partial charge is 0.286 e. The number of likely N-dealkylation sites (tertiary alicyclic amines) is 1. The lowest BCUT2D eigenvalue weighted by atomic mass is 9.96. The molecule has 4 rings (SSSR count). The molecule has 0 aliphatic carbocycles. The van der Waals surface area contributed by atoms with E-state index in [9.17, 15) is 13.2 Å². The number of fused-ring (bicyclic) bond motifs is 1. The summed E-state index contributed by atoms with van der Waals surface area (Å²) in [4.78, 5) is 17.1. The molecule has 3 aliphatic heterocycles. The van der Waals surface area contributed by atoms with Crippen LogP contribution in [0.15, 0.2) is 33.6 Å². The van der Waals surface area contributed by atoms with Crippen LogP contribution < -0.4 is 5.32 Å². The molecule has 1 aromatic carbocycles. The van der Waals surface area contributed by atoms with Crippen LogP contribution in [0.1, 0.15) is 25.7 Å². The standard InChI is InChI=1S/C20H28N4O4S/c25-19(8-4-9-23-11-13-28-14-12-23)24-10-3-5-16(15-24)20-21-17-6-1-2-7-18(17)29(26,27)22-20/h1-2,6-7,16H,3-5,8-15H2,(H,21,22)/t16-/m1/s1. The molecule has 8 nitrogen and oxygen atoms in total. The zero-order chi connectivity index (χ0) is 20.3. The van der Waals surface area contributed by atoms with Gasteiger partial charge >= 0.3 is 0 Å². The summed E-state index contributed by atoms with van der Waals surface area (Å²) in [5.74, 6) is 0.507. The summed E-state index contributed by atoms with van der Waals surface area (Å²) in [5, 5.41) is 3.18. The summed E-state index contributed by atoms with van der Waals surface area (Å²) < 4.78 is 34.4. The first-order chi connectivity index (χ1) is 14.0. The third kappa shape index (κ3) is 4.79. The van der Waals surface area contributed by atoms with Gasteiger partial charge in [0.05, 0.1) is 18.9 Å². The maximum Gasteiger partial charge on any atom is 0.286 e. The quantitative estimate of drug-likeness (QED) is 0.777. The zero-order valence-corrected chi connectivity index (χ0v) is 17.4. The average molecular weight is 421 g/mol. The Balaban J connectivity index is 1.35. The van der Waals surface area contributed by atoms with Gasteiger partial charge in [-0.05, 0) is 37.9 Å². The van der Waals surface area contributed by atoms with Crippen molar-refractivity contribution in [3.05, 3.63) is 24.3 Å². The molecule has 3 heterocycles. The number of rotatable bonds is 5. The summed E-state index contributed by atoms with van der Waals surface area (Å²) in [6.07, 6.45) is 3.02. The van der Waals surface area contributed by atoms with Gasteiger partial charge in [-0.15, -0.1) is 4.40 Å². The summed E-state index contributed by atoms with van der Waals surface area (Å²) >= 11 is 0. The van der Waals surface area contributed by atoms with Crippen molar-refractivity contribution < 1.29 is 17.9 Å². The van der Waals surface area contributed by atoms with Crippen LogP contribution in [0.4, 0.5) is 5.69 Å². The van der Waals surface area contributed by atoms with Crippen LogP contribution in [0.5, 0.6) is 0 Å². The Kier molecular flexibility index (Phi) is 6.17. The molecule has 1 aromatic rings. The van der Waals surface area contributed by atoms with E-state index in [1.54, 1.807) is 24.3 Å². The van der Waals surface area contributed by atoms with Crippen LogP contribution in [0, 0.1) is 5.92 Å². The Labute approximate surface area is 172 Å². The average Bonchev–Trinajstić information content (AvgIpc) is 2.74. The highest BCUT2D eigenvalue weighted by molar-refractivity contribution is 7.90. The van der Waals surface area contributed by atoms with Gasteiger partial charge in [0, 0.05) is 38.5 Å². The van der Waals surface area contributed by atoms with Crippen molar-refractivity contribution in [2.45, 2.75) is 30.6 Å². The number of amides is 1. The van der Waals surface area contributed by atoms with E-state index in [0.717, 1.165) is 58.7 Å². The molecule has 1 atom stereocenters. The van der Waals surface area contributed by atoms with Crippen LogP contribution >= 0.6 is 0 Å². The highest BCUT2D eigenvalue weighted by atomic mass is 32.2. The number of benzene rings is 1. The van der Waals surface area contributed by atoms with Crippen LogP contribution in [-0.2, 0) is 19.6 Å². The van der Waals surface area contributed by atoms with Crippen LogP contribution in [0.25, 0.3) is 0 Å². The second-order valence-corrected chi connectivity index (χ2v) is 9.38. The van der Waals surface area contributed by atoms with Gasteiger partial charge in [0.2, 0.25) is 5.91 Å². The Morgan fingerprint density at radius 3 is 2.83 bits per heavy atom. The fraction of sp³-hybridized carbons (Fsp3) is 0.600. The molecular formula is C20H28N4O4S. The van der Waals surface area contributed by atoms with Crippen LogP contribution in [-0.4, -0.2) is 75.9 Å². The lowest BCUT2D eigenvalue weighted by Gasteiger charge is -2.34. The molecular weight excluding hydrogens is 392 g/mol. The lowest BCUT2D eigenvalue weighted by Crippen LogP contribution is -2.45. The maximum atomic E-state index is 12.7. The highest BCUT2D eigenvalue weighted by Gasteiger charge is 2.32. The Bertz CT molecular complexity index is 880. The molecule has 0 radical (unpaired) electrons. The summed E-state index contributed by atoms with van der Waals surface area (Å²) in [7, 11) is -3.70. The highest BCUT2D eigenvalue weighted by Crippen LogP contribution is 2.30. The molecule has 2 fully saturated rings. The second kappa shape index (κ2) is 8.81. The Hall–Kier alpha value is -1.97. The normalized spacial score (nSPS) is 24.3. The first-order valence-corrected chi connectivity index (χ1v) is 11.8. The van der Waals surface area contributed by atoms with Crippen molar-refractivity contribution in [3.8, 4) is 0 Å². The summed E-state index contributed by atoms with van der Waals surface area (Å²) in [6.45, 7) is 5.55. The number of hydrogen-bond donors (Lipinski definition) is 1. The number of anilines is 1. The molecule has 158 valence electrons. The first-order valence-electron chi connectivity index (χ1n) is 10.3. The van der Waals surface area contributed by atoms with Crippen molar-refractivity contribution in [3.63, 3.8) is 0 Å². The number of carbonyl (C=O) groups excluding carboxylic acids is 1. The second-order valence-electron chi connectivity index (χ2n) is 7.81. The molecule has 0 unspecified atom stereocenters. The van der Waals surface area contributed by atoms with Gasteiger partial charge in [0.25, 0.3) is 10.0 Å². The van der Waals surface area contributed by atoms with Gasteiger partial charge in [-0.2, -0.15) is 8.42 Å². The van der Waals surface area contributed by atoms with E-state index in [-0.39, 0.29) is 16.7 Å². The molecule has 9 heteroatoms. The monoisotopic (exact) mass is 420 g/mol. The molecule has 29 heavy (non-hydrogen) atoms. The largest absolute Gasteiger partial charge is 0.379 e. The SMILES string of the molecule is O=C(CCCN1CCOCC1)N1CCC[C@@H](C2=NS(=O)(=O)c3ccccc3N2)C1. The summed E-state index contributed by atoms with van der Waals surface area (Å²) in [5.41, 5.74) is 0.562. The van der Waals surface area contributed by atoms with Gasteiger partial charge in [-0.3, -0.25) is 9.69 Å². The van der Waals surface area contributed by atoms with E-state index >= 15 is 0 Å². The van der Waals surface area contributed by atoms with Crippen molar-refractivity contribution in [2.24, 2.45) is 10.3 Å². The number of ether oxygens (including phenoxy) is 1. The fourth-order valence-corrected chi connectivity index (χ4v) is 5.37. The van der Waals surface area contributed by atoms with E-state index < -0.39 is 10.0 Å². The minimum absolute atomic E-state index is 0.0879. The van der Waals surface area contributed by atoms with Crippen molar-refractivity contribution in [2.75, 3.05) is 51.3 Å². The van der Waals surface area contributed by atoms with Crippen molar-refractivity contribution in [1.82, 2.24) is 9.80 Å². The molecule has 0 spiro atoms. The molecule has 0 bridgehead atoms.